The first kappa shape index (κ1) is 17.4. The van der Waals surface area contributed by atoms with Crippen molar-refractivity contribution in [2.75, 3.05) is 13.2 Å². The fourth-order valence-corrected chi connectivity index (χ4v) is 1.71. The molecule has 3 nitrogen and oxygen atoms in total. The van der Waals surface area contributed by atoms with Crippen LogP contribution in [0, 0.1) is 5.82 Å². The van der Waals surface area contributed by atoms with Gasteiger partial charge < -0.3 is 10.1 Å². The number of hydrogen-bond donors (Lipinski definition) is 1. The van der Waals surface area contributed by atoms with E-state index in [1.54, 1.807) is 20.8 Å². The van der Waals surface area contributed by atoms with Gasteiger partial charge >= 0.3 is 6.18 Å². The van der Waals surface area contributed by atoms with Crippen LogP contribution in [0.5, 0.6) is 0 Å². The molecule has 0 aliphatic heterocycles. The Morgan fingerprint density at radius 2 is 1.90 bits per heavy atom. The average Bonchev–Trinajstić information content (AvgIpc) is 2.35. The number of ether oxygens (including phenoxy) is 1. The highest BCUT2D eigenvalue weighted by atomic mass is 19.4. The summed E-state index contributed by atoms with van der Waals surface area (Å²) in [7, 11) is 0. The molecule has 0 saturated heterocycles. The Balaban J connectivity index is 2.88. The fourth-order valence-electron chi connectivity index (χ4n) is 1.71. The number of carbonyl (C=O) groups excluding carboxylic acids is 1. The molecule has 0 spiro atoms. The zero-order chi connectivity index (χ0) is 16.3. The zero-order valence-corrected chi connectivity index (χ0v) is 12.0. The summed E-state index contributed by atoms with van der Waals surface area (Å²) >= 11 is 0. The van der Waals surface area contributed by atoms with Gasteiger partial charge in [-0.15, -0.1) is 0 Å². The zero-order valence-electron chi connectivity index (χ0n) is 12.0. The summed E-state index contributed by atoms with van der Waals surface area (Å²) < 4.78 is 56.5. The summed E-state index contributed by atoms with van der Waals surface area (Å²) in [4.78, 5) is 11.8. The summed E-state index contributed by atoms with van der Waals surface area (Å²) in [5.74, 6) is -1.92. The Morgan fingerprint density at radius 3 is 2.43 bits per heavy atom. The molecular weight excluding hydrogens is 290 g/mol. The summed E-state index contributed by atoms with van der Waals surface area (Å²) in [6, 6.07) is 1.72. The monoisotopic (exact) mass is 307 g/mol. The molecule has 0 aliphatic rings. The molecule has 0 radical (unpaired) electrons. The van der Waals surface area contributed by atoms with Gasteiger partial charge in [0.1, 0.15) is 5.82 Å². The lowest BCUT2D eigenvalue weighted by Crippen LogP contribution is -2.40. The number of rotatable bonds is 5. The van der Waals surface area contributed by atoms with Gasteiger partial charge in [-0.2, -0.15) is 13.2 Å². The van der Waals surface area contributed by atoms with Gasteiger partial charge in [0, 0.05) is 13.2 Å². The van der Waals surface area contributed by atoms with E-state index in [9.17, 15) is 22.4 Å². The van der Waals surface area contributed by atoms with Crippen molar-refractivity contribution in [2.45, 2.75) is 32.5 Å². The van der Waals surface area contributed by atoms with Gasteiger partial charge in [-0.05, 0) is 39.0 Å². The van der Waals surface area contributed by atoms with Crippen molar-refractivity contribution in [1.82, 2.24) is 5.32 Å². The predicted octanol–water partition coefficient (Wildman–Crippen LogP) is 3.39. The molecule has 0 aliphatic carbocycles. The number of amides is 1. The minimum absolute atomic E-state index is 0.0510. The second-order valence-electron chi connectivity index (χ2n) is 5.07. The summed E-state index contributed by atoms with van der Waals surface area (Å²) in [6.07, 6.45) is -4.63. The molecule has 1 rings (SSSR count). The molecule has 0 saturated carbocycles. The van der Waals surface area contributed by atoms with Crippen molar-refractivity contribution in [3.8, 4) is 0 Å². The van der Waals surface area contributed by atoms with Gasteiger partial charge in [0.25, 0.3) is 5.91 Å². The van der Waals surface area contributed by atoms with Crippen LogP contribution in [0.15, 0.2) is 18.2 Å². The highest BCUT2D eigenvalue weighted by Crippen LogP contribution is 2.30. The van der Waals surface area contributed by atoms with Gasteiger partial charge in [-0.25, -0.2) is 4.39 Å². The molecule has 7 heteroatoms. The molecule has 118 valence electrons. The SMILES string of the molecule is CCOC(C)(C)CNC(=O)c1cc(C(F)(F)F)ccc1F. The van der Waals surface area contributed by atoms with E-state index in [0.717, 1.165) is 0 Å². The molecule has 0 aromatic heterocycles. The molecule has 0 atom stereocenters. The smallest absolute Gasteiger partial charge is 0.374 e. The van der Waals surface area contributed by atoms with Crippen LogP contribution in [0.3, 0.4) is 0 Å². The first-order valence-corrected chi connectivity index (χ1v) is 6.36. The number of alkyl halides is 3. The van der Waals surface area contributed by atoms with E-state index in [4.69, 9.17) is 4.74 Å². The normalized spacial score (nSPS) is 12.3. The minimum atomic E-state index is -4.63. The van der Waals surface area contributed by atoms with Gasteiger partial charge in [-0.3, -0.25) is 4.79 Å². The molecule has 0 fully saturated rings. The molecule has 21 heavy (non-hydrogen) atoms. The number of halogens is 4. The average molecular weight is 307 g/mol. The van der Waals surface area contributed by atoms with E-state index in [2.05, 4.69) is 5.32 Å². The number of benzene rings is 1. The molecule has 0 bridgehead atoms. The number of carbonyl (C=O) groups is 1. The molecule has 1 aromatic carbocycles. The van der Waals surface area contributed by atoms with Crippen molar-refractivity contribution < 1.29 is 27.1 Å². The molecule has 1 aromatic rings. The van der Waals surface area contributed by atoms with Crippen LogP contribution in [0.1, 0.15) is 36.7 Å². The van der Waals surface area contributed by atoms with Gasteiger partial charge in [0.15, 0.2) is 0 Å². The molecule has 1 N–H and O–H groups in total. The highest BCUT2D eigenvalue weighted by molar-refractivity contribution is 5.94. The van der Waals surface area contributed by atoms with E-state index in [1.165, 1.54) is 0 Å². The maximum atomic E-state index is 13.5. The van der Waals surface area contributed by atoms with Crippen molar-refractivity contribution in [3.63, 3.8) is 0 Å². The Bertz CT molecular complexity index is 512. The minimum Gasteiger partial charge on any atom is -0.374 e. The lowest BCUT2D eigenvalue weighted by atomic mass is 10.1. The van der Waals surface area contributed by atoms with Crippen LogP contribution in [0.2, 0.25) is 0 Å². The standard InChI is InChI=1S/C14H17F4NO2/c1-4-21-13(2,3)8-19-12(20)10-7-9(14(16,17)18)5-6-11(10)15/h5-7H,4,8H2,1-3H3,(H,19,20). The summed E-state index contributed by atoms with van der Waals surface area (Å²) in [5.41, 5.74) is -2.40. The Hall–Kier alpha value is -1.63. The van der Waals surface area contributed by atoms with Crippen LogP contribution in [-0.4, -0.2) is 24.7 Å². The predicted molar refractivity (Wildman–Crippen MR) is 69.4 cm³/mol. The first-order valence-electron chi connectivity index (χ1n) is 6.36. The number of nitrogens with one attached hydrogen (secondary N) is 1. The maximum absolute atomic E-state index is 13.5. The van der Waals surface area contributed by atoms with Crippen LogP contribution in [0.25, 0.3) is 0 Å². The Labute approximate surface area is 120 Å². The van der Waals surface area contributed by atoms with Crippen LogP contribution in [0.4, 0.5) is 17.6 Å². The van der Waals surface area contributed by atoms with Crippen LogP contribution >= 0.6 is 0 Å². The number of hydrogen-bond acceptors (Lipinski definition) is 2. The fraction of sp³-hybridized carbons (Fsp3) is 0.500. The maximum Gasteiger partial charge on any atom is 0.416 e. The van der Waals surface area contributed by atoms with Gasteiger partial charge in [0.05, 0.1) is 16.7 Å². The molecule has 1 amide bonds. The van der Waals surface area contributed by atoms with E-state index in [-0.39, 0.29) is 6.54 Å². The molecular formula is C14H17F4NO2. The molecule has 0 unspecified atom stereocenters. The van der Waals surface area contributed by atoms with Crippen LogP contribution < -0.4 is 5.32 Å². The lowest BCUT2D eigenvalue weighted by Gasteiger charge is -2.25. The second-order valence-corrected chi connectivity index (χ2v) is 5.07. The second kappa shape index (κ2) is 6.43. The van der Waals surface area contributed by atoms with Crippen molar-refractivity contribution in [2.24, 2.45) is 0 Å². The first-order chi connectivity index (χ1) is 9.57. The van der Waals surface area contributed by atoms with Gasteiger partial charge in [0.2, 0.25) is 0 Å². The quantitative estimate of drug-likeness (QED) is 0.847. The van der Waals surface area contributed by atoms with Gasteiger partial charge in [-0.1, -0.05) is 0 Å². The molecule has 0 heterocycles. The van der Waals surface area contributed by atoms with Crippen molar-refractivity contribution in [3.05, 3.63) is 35.1 Å². The van der Waals surface area contributed by atoms with E-state index >= 15 is 0 Å². The van der Waals surface area contributed by atoms with E-state index in [1.807, 2.05) is 0 Å². The Morgan fingerprint density at radius 1 is 1.29 bits per heavy atom. The third-order valence-electron chi connectivity index (χ3n) is 2.75. The summed E-state index contributed by atoms with van der Waals surface area (Å²) in [5, 5.41) is 2.37. The topological polar surface area (TPSA) is 38.3 Å². The summed E-state index contributed by atoms with van der Waals surface area (Å²) in [6.45, 7) is 5.66. The van der Waals surface area contributed by atoms with Crippen LogP contribution in [-0.2, 0) is 10.9 Å². The van der Waals surface area contributed by atoms with E-state index in [0.29, 0.717) is 24.8 Å². The van der Waals surface area contributed by atoms with Crippen molar-refractivity contribution >= 4 is 5.91 Å². The third kappa shape index (κ3) is 5.00. The highest BCUT2D eigenvalue weighted by Gasteiger charge is 2.32. The van der Waals surface area contributed by atoms with Crippen molar-refractivity contribution in [1.29, 1.82) is 0 Å². The lowest BCUT2D eigenvalue weighted by molar-refractivity contribution is -0.137. The van der Waals surface area contributed by atoms with E-state index < -0.39 is 34.6 Å². The Kier molecular flexibility index (Phi) is 5.33. The third-order valence-corrected chi connectivity index (χ3v) is 2.75. The largest absolute Gasteiger partial charge is 0.416 e.